The first-order valence-corrected chi connectivity index (χ1v) is 11.7. The smallest absolute Gasteiger partial charge is 0.340 e. The van der Waals surface area contributed by atoms with Gasteiger partial charge in [0.15, 0.2) is 9.84 Å². The summed E-state index contributed by atoms with van der Waals surface area (Å²) in [6, 6.07) is 19.7. The maximum absolute atomic E-state index is 12.8. The Bertz CT molecular complexity index is 1240. The summed E-state index contributed by atoms with van der Waals surface area (Å²) < 4.78 is 35.9. The number of hydrogen-bond donors (Lipinski definition) is 3. The van der Waals surface area contributed by atoms with Gasteiger partial charge in [-0.1, -0.05) is 18.2 Å². The lowest BCUT2D eigenvalue weighted by Crippen LogP contribution is -2.50. The summed E-state index contributed by atoms with van der Waals surface area (Å²) in [7, 11) is -2.70. The van der Waals surface area contributed by atoms with Crippen LogP contribution in [0, 0.1) is 0 Å². The molecule has 0 spiro atoms. The lowest BCUT2D eigenvalue weighted by atomic mass is 10.1. The molecule has 3 aromatic rings. The molecule has 0 aliphatic carbocycles. The molecule has 0 saturated carbocycles. The first-order valence-electron chi connectivity index (χ1n) is 10.0. The number of carboxylic acids is 1. The number of carbonyl (C=O) groups excluding carboxylic acids is 1. The summed E-state index contributed by atoms with van der Waals surface area (Å²) in [6.45, 7) is -0.762. The summed E-state index contributed by atoms with van der Waals surface area (Å²) in [5.41, 5.74) is -1.96. The Morgan fingerprint density at radius 3 is 2.09 bits per heavy atom. The molecule has 0 aromatic heterocycles. The summed E-state index contributed by atoms with van der Waals surface area (Å²) in [5, 5.41) is 22.6. The second-order valence-electron chi connectivity index (χ2n) is 7.40. The Labute approximate surface area is 196 Å². The number of aliphatic hydroxyl groups is 1. The summed E-state index contributed by atoms with van der Waals surface area (Å²) in [4.78, 5) is 23.8. The van der Waals surface area contributed by atoms with E-state index in [4.69, 9.17) is 9.47 Å². The van der Waals surface area contributed by atoms with E-state index >= 15 is 0 Å². The number of hydrogen-bond acceptors (Lipinski definition) is 7. The minimum absolute atomic E-state index is 0.214. The van der Waals surface area contributed by atoms with Gasteiger partial charge in [-0.3, -0.25) is 4.79 Å². The molecule has 0 radical (unpaired) electrons. The van der Waals surface area contributed by atoms with Gasteiger partial charge in [0.2, 0.25) is 5.60 Å². The minimum Gasteiger partial charge on any atom is -0.497 e. The summed E-state index contributed by atoms with van der Waals surface area (Å²) in [5.74, 6) is -2.34. The van der Waals surface area contributed by atoms with Crippen molar-refractivity contribution >= 4 is 27.4 Å². The van der Waals surface area contributed by atoms with Crippen molar-refractivity contribution in [3.05, 3.63) is 84.4 Å². The van der Waals surface area contributed by atoms with Gasteiger partial charge in [-0.2, -0.15) is 0 Å². The van der Waals surface area contributed by atoms with Crippen LogP contribution in [-0.2, 0) is 14.6 Å². The summed E-state index contributed by atoms with van der Waals surface area (Å²) >= 11 is 0. The SMILES string of the molecule is COc1ccc(C(=O)Nc2ccc(S(=O)(=O)CC(O)(COc3ccccc3)C(=O)O)cc2)cc1. The van der Waals surface area contributed by atoms with E-state index in [1.165, 1.54) is 31.4 Å². The Kier molecular flexibility index (Phi) is 7.54. The average molecular weight is 486 g/mol. The van der Waals surface area contributed by atoms with Crippen LogP contribution in [0.2, 0.25) is 0 Å². The molecule has 178 valence electrons. The van der Waals surface area contributed by atoms with E-state index < -0.39 is 39.7 Å². The third kappa shape index (κ3) is 6.12. The number of anilines is 1. The van der Waals surface area contributed by atoms with Gasteiger partial charge in [-0.15, -0.1) is 0 Å². The fraction of sp³-hybridized carbons (Fsp3) is 0.167. The van der Waals surface area contributed by atoms with Crippen LogP contribution in [-0.4, -0.2) is 55.6 Å². The maximum atomic E-state index is 12.8. The molecule has 0 saturated heterocycles. The molecule has 3 rings (SSSR count). The van der Waals surface area contributed by atoms with E-state index in [0.717, 1.165) is 0 Å². The van der Waals surface area contributed by atoms with Crippen LogP contribution in [0.3, 0.4) is 0 Å². The molecule has 3 N–H and O–H groups in total. The molecule has 0 bridgehead atoms. The molecule has 1 amide bonds. The van der Waals surface area contributed by atoms with Crippen molar-refractivity contribution in [3.8, 4) is 11.5 Å². The number of para-hydroxylation sites is 1. The van der Waals surface area contributed by atoms with E-state index in [-0.39, 0.29) is 10.6 Å². The zero-order chi connectivity index (χ0) is 24.8. The van der Waals surface area contributed by atoms with Crippen molar-refractivity contribution in [2.75, 3.05) is 24.8 Å². The van der Waals surface area contributed by atoms with Crippen LogP contribution in [0.25, 0.3) is 0 Å². The van der Waals surface area contributed by atoms with Crippen LogP contribution >= 0.6 is 0 Å². The molecule has 1 atom stereocenters. The number of nitrogens with one attached hydrogen (secondary N) is 1. The number of sulfone groups is 1. The highest BCUT2D eigenvalue weighted by Gasteiger charge is 2.42. The molecule has 1 unspecified atom stereocenters. The van der Waals surface area contributed by atoms with Crippen molar-refractivity contribution in [2.45, 2.75) is 10.5 Å². The van der Waals surface area contributed by atoms with Crippen molar-refractivity contribution in [1.29, 1.82) is 0 Å². The molecule has 34 heavy (non-hydrogen) atoms. The fourth-order valence-electron chi connectivity index (χ4n) is 2.97. The standard InChI is InChI=1S/C24H23NO8S/c1-32-19-11-7-17(8-12-19)22(26)25-18-9-13-21(14-10-18)34(30,31)16-24(29,23(27)28)15-33-20-5-3-2-4-6-20/h2-14,29H,15-16H2,1H3,(H,25,26)(H,27,28). The number of carboxylic acid groups (broad SMARTS) is 1. The molecular weight excluding hydrogens is 462 g/mol. The van der Waals surface area contributed by atoms with E-state index in [9.17, 15) is 28.2 Å². The average Bonchev–Trinajstić information content (AvgIpc) is 2.83. The number of ether oxygens (including phenoxy) is 2. The number of methoxy groups -OCH3 is 1. The van der Waals surface area contributed by atoms with Crippen LogP contribution in [0.15, 0.2) is 83.8 Å². The lowest BCUT2D eigenvalue weighted by Gasteiger charge is -2.23. The zero-order valence-electron chi connectivity index (χ0n) is 18.2. The van der Waals surface area contributed by atoms with Crippen molar-refractivity contribution in [2.24, 2.45) is 0 Å². The number of benzene rings is 3. The van der Waals surface area contributed by atoms with Gasteiger partial charge >= 0.3 is 5.97 Å². The third-order valence-electron chi connectivity index (χ3n) is 4.87. The monoisotopic (exact) mass is 485 g/mol. The van der Waals surface area contributed by atoms with Gasteiger partial charge in [-0.25, -0.2) is 13.2 Å². The highest BCUT2D eigenvalue weighted by Crippen LogP contribution is 2.22. The van der Waals surface area contributed by atoms with Gasteiger partial charge in [0.25, 0.3) is 5.91 Å². The fourth-order valence-corrected chi connectivity index (χ4v) is 4.53. The second-order valence-corrected chi connectivity index (χ2v) is 9.39. The van der Waals surface area contributed by atoms with Gasteiger partial charge in [0.1, 0.15) is 18.1 Å². The van der Waals surface area contributed by atoms with E-state index in [1.807, 2.05) is 0 Å². The predicted octanol–water partition coefficient (Wildman–Crippen LogP) is 2.62. The number of aliphatic carboxylic acids is 1. The van der Waals surface area contributed by atoms with Crippen molar-refractivity contribution in [1.82, 2.24) is 0 Å². The largest absolute Gasteiger partial charge is 0.497 e. The Hall–Kier alpha value is -3.89. The van der Waals surface area contributed by atoms with Gasteiger partial charge in [0, 0.05) is 11.3 Å². The summed E-state index contributed by atoms with van der Waals surface area (Å²) in [6.07, 6.45) is 0. The van der Waals surface area contributed by atoms with E-state index in [2.05, 4.69) is 5.32 Å². The second kappa shape index (κ2) is 10.4. The van der Waals surface area contributed by atoms with E-state index in [1.54, 1.807) is 54.6 Å². The highest BCUT2D eigenvalue weighted by atomic mass is 32.2. The number of carbonyl (C=O) groups is 2. The predicted molar refractivity (Wildman–Crippen MR) is 124 cm³/mol. The maximum Gasteiger partial charge on any atom is 0.340 e. The zero-order valence-corrected chi connectivity index (χ0v) is 19.0. The van der Waals surface area contributed by atoms with Crippen LogP contribution in [0.5, 0.6) is 11.5 Å². The molecule has 10 heteroatoms. The molecular formula is C24H23NO8S. The molecule has 0 heterocycles. The molecule has 0 fully saturated rings. The molecule has 9 nitrogen and oxygen atoms in total. The van der Waals surface area contributed by atoms with Crippen molar-refractivity contribution < 1.29 is 37.7 Å². The highest BCUT2D eigenvalue weighted by molar-refractivity contribution is 7.91. The van der Waals surface area contributed by atoms with Gasteiger partial charge in [0.05, 0.1) is 17.8 Å². The first kappa shape index (κ1) is 24.7. The minimum atomic E-state index is -4.21. The molecule has 3 aromatic carbocycles. The number of rotatable bonds is 10. The molecule has 0 aliphatic rings. The topological polar surface area (TPSA) is 139 Å². The first-order chi connectivity index (χ1) is 16.1. The van der Waals surface area contributed by atoms with Crippen LogP contribution in [0.1, 0.15) is 10.4 Å². The Morgan fingerprint density at radius 1 is 0.912 bits per heavy atom. The number of amides is 1. The van der Waals surface area contributed by atoms with Crippen LogP contribution < -0.4 is 14.8 Å². The molecule has 0 aliphatic heterocycles. The van der Waals surface area contributed by atoms with E-state index in [0.29, 0.717) is 17.0 Å². The van der Waals surface area contributed by atoms with Gasteiger partial charge < -0.3 is 25.0 Å². The Balaban J connectivity index is 1.69. The van der Waals surface area contributed by atoms with Gasteiger partial charge in [-0.05, 0) is 60.7 Å². The third-order valence-corrected chi connectivity index (χ3v) is 6.72. The lowest BCUT2D eigenvalue weighted by molar-refractivity contribution is -0.158. The van der Waals surface area contributed by atoms with Crippen LogP contribution in [0.4, 0.5) is 5.69 Å². The normalized spacial score (nSPS) is 12.9. The Morgan fingerprint density at radius 2 is 1.53 bits per heavy atom. The quantitative estimate of drug-likeness (QED) is 0.398. The van der Waals surface area contributed by atoms with Crippen molar-refractivity contribution in [3.63, 3.8) is 0 Å².